The van der Waals surface area contributed by atoms with Crippen LogP contribution in [0.2, 0.25) is 0 Å². The highest BCUT2D eigenvalue weighted by molar-refractivity contribution is 6.02. The average molecular weight is 327 g/mol. The SMILES string of the molecule is COc1ccc2c(=O)[nH]c(-c3ccccc3)c(-c3ccccc3)c2c1. The van der Waals surface area contributed by atoms with Crippen LogP contribution in [-0.4, -0.2) is 12.1 Å². The van der Waals surface area contributed by atoms with Gasteiger partial charge in [-0.3, -0.25) is 4.79 Å². The monoisotopic (exact) mass is 327 g/mol. The number of rotatable bonds is 3. The van der Waals surface area contributed by atoms with Gasteiger partial charge in [-0.15, -0.1) is 0 Å². The van der Waals surface area contributed by atoms with Crippen molar-refractivity contribution in [1.82, 2.24) is 4.98 Å². The van der Waals surface area contributed by atoms with Gasteiger partial charge in [-0.25, -0.2) is 0 Å². The first-order valence-electron chi connectivity index (χ1n) is 8.13. The molecule has 0 atom stereocenters. The smallest absolute Gasteiger partial charge is 0.256 e. The number of hydrogen-bond acceptors (Lipinski definition) is 2. The summed E-state index contributed by atoms with van der Waals surface area (Å²) in [4.78, 5) is 15.7. The number of H-pyrrole nitrogens is 1. The van der Waals surface area contributed by atoms with Crippen LogP contribution in [-0.2, 0) is 0 Å². The van der Waals surface area contributed by atoms with Gasteiger partial charge in [0.05, 0.1) is 12.8 Å². The number of aromatic amines is 1. The Morgan fingerprint density at radius 3 is 2.04 bits per heavy atom. The lowest BCUT2D eigenvalue weighted by molar-refractivity contribution is 0.415. The van der Waals surface area contributed by atoms with Gasteiger partial charge in [0.25, 0.3) is 5.56 Å². The van der Waals surface area contributed by atoms with Crippen molar-refractivity contribution in [3.8, 4) is 28.1 Å². The first-order chi connectivity index (χ1) is 12.3. The molecule has 0 unspecified atom stereocenters. The summed E-state index contributed by atoms with van der Waals surface area (Å²) in [5, 5.41) is 1.53. The topological polar surface area (TPSA) is 42.1 Å². The van der Waals surface area contributed by atoms with Crippen LogP contribution < -0.4 is 10.3 Å². The molecule has 1 N–H and O–H groups in total. The van der Waals surface area contributed by atoms with Gasteiger partial charge in [-0.05, 0) is 29.3 Å². The van der Waals surface area contributed by atoms with Crippen molar-refractivity contribution in [3.63, 3.8) is 0 Å². The number of ether oxygens (including phenoxy) is 1. The van der Waals surface area contributed by atoms with Crippen LogP contribution in [0.25, 0.3) is 33.2 Å². The summed E-state index contributed by atoms with van der Waals surface area (Å²) in [5.74, 6) is 0.731. The second kappa shape index (κ2) is 6.29. The number of fused-ring (bicyclic) bond motifs is 1. The van der Waals surface area contributed by atoms with Gasteiger partial charge in [-0.2, -0.15) is 0 Å². The van der Waals surface area contributed by atoms with E-state index in [0.29, 0.717) is 5.39 Å². The van der Waals surface area contributed by atoms with E-state index in [1.54, 1.807) is 7.11 Å². The Balaban J connectivity index is 2.16. The Kier molecular flexibility index (Phi) is 3.82. The van der Waals surface area contributed by atoms with Gasteiger partial charge in [0, 0.05) is 16.3 Å². The fourth-order valence-electron chi connectivity index (χ4n) is 3.16. The first-order valence-corrected chi connectivity index (χ1v) is 8.13. The summed E-state index contributed by atoms with van der Waals surface area (Å²) in [7, 11) is 1.63. The molecular formula is C22H17NO2. The number of methoxy groups -OCH3 is 1. The molecule has 0 saturated carbocycles. The summed E-state index contributed by atoms with van der Waals surface area (Å²) in [5.41, 5.74) is 3.74. The molecule has 0 aliphatic heterocycles. The van der Waals surface area contributed by atoms with E-state index in [1.165, 1.54) is 0 Å². The lowest BCUT2D eigenvalue weighted by atomic mass is 9.94. The van der Waals surface area contributed by atoms with Crippen molar-refractivity contribution in [2.75, 3.05) is 7.11 Å². The van der Waals surface area contributed by atoms with E-state index in [4.69, 9.17) is 4.74 Å². The molecule has 4 rings (SSSR count). The highest BCUT2D eigenvalue weighted by atomic mass is 16.5. The minimum absolute atomic E-state index is 0.101. The molecule has 25 heavy (non-hydrogen) atoms. The Morgan fingerprint density at radius 1 is 0.760 bits per heavy atom. The maximum Gasteiger partial charge on any atom is 0.256 e. The number of hydrogen-bond donors (Lipinski definition) is 1. The summed E-state index contributed by atoms with van der Waals surface area (Å²) < 4.78 is 5.39. The summed E-state index contributed by atoms with van der Waals surface area (Å²) in [6, 6.07) is 25.6. The van der Waals surface area contributed by atoms with Crippen LogP contribution in [0.3, 0.4) is 0 Å². The lowest BCUT2D eigenvalue weighted by Crippen LogP contribution is -2.09. The second-order valence-corrected chi connectivity index (χ2v) is 5.85. The quantitative estimate of drug-likeness (QED) is 0.583. The first kappa shape index (κ1) is 15.2. The van der Waals surface area contributed by atoms with Gasteiger partial charge in [0.15, 0.2) is 0 Å². The van der Waals surface area contributed by atoms with Gasteiger partial charge in [0.2, 0.25) is 0 Å². The van der Waals surface area contributed by atoms with Crippen molar-refractivity contribution >= 4 is 10.8 Å². The maximum atomic E-state index is 12.7. The standard InChI is InChI=1S/C22H17NO2/c1-25-17-12-13-18-19(14-17)20(15-8-4-2-5-9-15)21(23-22(18)24)16-10-6-3-7-11-16/h2-14H,1H3,(H,23,24). The molecule has 3 aromatic carbocycles. The molecule has 122 valence electrons. The normalized spacial score (nSPS) is 10.8. The van der Waals surface area contributed by atoms with Gasteiger partial charge in [0.1, 0.15) is 5.75 Å². The van der Waals surface area contributed by atoms with E-state index >= 15 is 0 Å². The number of pyridine rings is 1. The molecule has 0 aliphatic carbocycles. The molecule has 0 radical (unpaired) electrons. The molecular weight excluding hydrogens is 310 g/mol. The molecule has 0 bridgehead atoms. The summed E-state index contributed by atoms with van der Waals surface area (Å²) in [6.45, 7) is 0. The van der Waals surface area contributed by atoms with Crippen LogP contribution in [0.5, 0.6) is 5.75 Å². The highest BCUT2D eigenvalue weighted by Gasteiger charge is 2.15. The zero-order valence-corrected chi connectivity index (χ0v) is 13.8. The summed E-state index contributed by atoms with van der Waals surface area (Å²) in [6.07, 6.45) is 0. The predicted molar refractivity (Wildman–Crippen MR) is 102 cm³/mol. The van der Waals surface area contributed by atoms with E-state index in [9.17, 15) is 4.79 Å². The molecule has 1 heterocycles. The molecule has 0 fully saturated rings. The molecule has 1 aromatic heterocycles. The third-order valence-corrected chi connectivity index (χ3v) is 4.35. The van der Waals surface area contributed by atoms with Crippen LogP contribution in [0.1, 0.15) is 0 Å². The fraction of sp³-hybridized carbons (Fsp3) is 0.0455. The number of nitrogens with one attached hydrogen (secondary N) is 1. The maximum absolute atomic E-state index is 12.7. The summed E-state index contributed by atoms with van der Waals surface area (Å²) >= 11 is 0. The molecule has 0 aliphatic rings. The van der Waals surface area contributed by atoms with Crippen LogP contribution in [0, 0.1) is 0 Å². The van der Waals surface area contributed by atoms with Gasteiger partial charge < -0.3 is 9.72 Å². The van der Waals surface area contributed by atoms with Crippen molar-refractivity contribution in [1.29, 1.82) is 0 Å². The average Bonchev–Trinajstić information content (AvgIpc) is 2.68. The van der Waals surface area contributed by atoms with E-state index in [0.717, 1.165) is 33.5 Å². The van der Waals surface area contributed by atoms with Crippen molar-refractivity contribution in [3.05, 3.63) is 89.2 Å². The Bertz CT molecular complexity index is 1080. The molecule has 0 saturated heterocycles. The zero-order valence-electron chi connectivity index (χ0n) is 13.8. The number of aromatic nitrogens is 1. The largest absolute Gasteiger partial charge is 0.497 e. The van der Waals surface area contributed by atoms with E-state index < -0.39 is 0 Å². The second-order valence-electron chi connectivity index (χ2n) is 5.85. The van der Waals surface area contributed by atoms with E-state index in [1.807, 2.05) is 66.7 Å². The van der Waals surface area contributed by atoms with E-state index in [2.05, 4.69) is 17.1 Å². The minimum Gasteiger partial charge on any atom is -0.497 e. The zero-order chi connectivity index (χ0) is 17.2. The third kappa shape index (κ3) is 2.70. The van der Waals surface area contributed by atoms with Crippen LogP contribution >= 0.6 is 0 Å². The Morgan fingerprint density at radius 2 is 1.40 bits per heavy atom. The van der Waals surface area contributed by atoms with Gasteiger partial charge in [-0.1, -0.05) is 60.7 Å². The Labute approximate surface area is 145 Å². The van der Waals surface area contributed by atoms with Crippen molar-refractivity contribution in [2.24, 2.45) is 0 Å². The molecule has 4 aromatic rings. The third-order valence-electron chi connectivity index (χ3n) is 4.35. The van der Waals surface area contributed by atoms with Crippen LogP contribution in [0.15, 0.2) is 83.7 Å². The molecule has 3 nitrogen and oxygen atoms in total. The van der Waals surface area contributed by atoms with Crippen LogP contribution in [0.4, 0.5) is 0 Å². The fourth-order valence-corrected chi connectivity index (χ4v) is 3.16. The lowest BCUT2D eigenvalue weighted by Gasteiger charge is -2.14. The molecule has 3 heteroatoms. The molecule has 0 spiro atoms. The highest BCUT2D eigenvalue weighted by Crippen LogP contribution is 2.36. The predicted octanol–water partition coefficient (Wildman–Crippen LogP) is 4.87. The van der Waals surface area contributed by atoms with Gasteiger partial charge >= 0.3 is 0 Å². The molecule has 0 amide bonds. The van der Waals surface area contributed by atoms with Crippen molar-refractivity contribution in [2.45, 2.75) is 0 Å². The minimum atomic E-state index is -0.101. The van der Waals surface area contributed by atoms with E-state index in [-0.39, 0.29) is 5.56 Å². The van der Waals surface area contributed by atoms with Crippen molar-refractivity contribution < 1.29 is 4.74 Å². The Hall–Kier alpha value is -3.33. The number of benzene rings is 3.